The summed E-state index contributed by atoms with van der Waals surface area (Å²) in [5, 5.41) is 3.09. The summed E-state index contributed by atoms with van der Waals surface area (Å²) in [6, 6.07) is 7.68. The highest BCUT2D eigenvalue weighted by Gasteiger charge is 2.23. The minimum Gasteiger partial charge on any atom is -0.484 e. The zero-order valence-corrected chi connectivity index (χ0v) is 14.3. The molecule has 0 spiro atoms. The van der Waals surface area contributed by atoms with Crippen LogP contribution < -0.4 is 15.0 Å². The van der Waals surface area contributed by atoms with Crippen molar-refractivity contribution in [2.75, 3.05) is 18.1 Å². The van der Waals surface area contributed by atoms with E-state index >= 15 is 0 Å². The van der Waals surface area contributed by atoms with Gasteiger partial charge in [-0.15, -0.1) is 0 Å². The van der Waals surface area contributed by atoms with Crippen molar-refractivity contribution in [3.8, 4) is 5.75 Å². The van der Waals surface area contributed by atoms with Gasteiger partial charge < -0.3 is 15.0 Å². The SMILES string of the molecule is C[C@@H]1CCCC[C@@H]1NC(=O)COc1cccc(N2CCCC2=O)c1. The van der Waals surface area contributed by atoms with E-state index in [-0.39, 0.29) is 24.5 Å². The lowest BCUT2D eigenvalue weighted by Gasteiger charge is -2.29. The van der Waals surface area contributed by atoms with Gasteiger partial charge in [-0.2, -0.15) is 0 Å². The Morgan fingerprint density at radius 1 is 1.29 bits per heavy atom. The fourth-order valence-electron chi connectivity index (χ4n) is 3.59. The van der Waals surface area contributed by atoms with Gasteiger partial charge in [0.05, 0.1) is 0 Å². The monoisotopic (exact) mass is 330 g/mol. The zero-order chi connectivity index (χ0) is 16.9. The van der Waals surface area contributed by atoms with Crippen LogP contribution in [0.5, 0.6) is 5.75 Å². The van der Waals surface area contributed by atoms with E-state index in [0.717, 1.165) is 25.1 Å². The molecule has 5 nitrogen and oxygen atoms in total. The van der Waals surface area contributed by atoms with Crippen LogP contribution in [0.25, 0.3) is 0 Å². The minimum atomic E-state index is -0.0728. The topological polar surface area (TPSA) is 58.6 Å². The summed E-state index contributed by atoms with van der Waals surface area (Å²) >= 11 is 0. The van der Waals surface area contributed by atoms with E-state index in [2.05, 4.69) is 12.2 Å². The first-order valence-corrected chi connectivity index (χ1v) is 8.96. The quantitative estimate of drug-likeness (QED) is 0.903. The van der Waals surface area contributed by atoms with Gasteiger partial charge >= 0.3 is 0 Å². The predicted octanol–water partition coefficient (Wildman–Crippen LogP) is 2.89. The van der Waals surface area contributed by atoms with E-state index in [1.165, 1.54) is 19.3 Å². The highest BCUT2D eigenvalue weighted by Crippen LogP contribution is 2.26. The lowest BCUT2D eigenvalue weighted by molar-refractivity contribution is -0.124. The molecule has 2 amide bonds. The van der Waals surface area contributed by atoms with Crippen molar-refractivity contribution < 1.29 is 14.3 Å². The summed E-state index contributed by atoms with van der Waals surface area (Å²) in [7, 11) is 0. The molecule has 1 saturated carbocycles. The molecule has 1 saturated heterocycles. The molecule has 0 aromatic heterocycles. The average Bonchev–Trinajstić information content (AvgIpc) is 3.01. The van der Waals surface area contributed by atoms with Crippen molar-refractivity contribution in [1.29, 1.82) is 0 Å². The van der Waals surface area contributed by atoms with E-state index in [4.69, 9.17) is 4.74 Å². The predicted molar refractivity (Wildman–Crippen MR) is 93.1 cm³/mol. The van der Waals surface area contributed by atoms with Crippen molar-refractivity contribution in [2.45, 2.75) is 51.5 Å². The standard InChI is InChI=1S/C19H26N2O3/c1-14-6-2-3-9-17(14)20-18(22)13-24-16-8-4-7-15(12-16)21-11-5-10-19(21)23/h4,7-8,12,14,17H,2-3,5-6,9-11,13H2,1H3,(H,20,22)/t14-,17+/m1/s1. The van der Waals surface area contributed by atoms with Crippen LogP contribution in [0, 0.1) is 5.92 Å². The second-order valence-electron chi connectivity index (χ2n) is 6.87. The molecule has 0 bridgehead atoms. The third-order valence-corrected chi connectivity index (χ3v) is 5.03. The number of hydrogen-bond acceptors (Lipinski definition) is 3. The van der Waals surface area contributed by atoms with E-state index in [0.29, 0.717) is 18.1 Å². The van der Waals surface area contributed by atoms with Crippen molar-refractivity contribution in [3.63, 3.8) is 0 Å². The van der Waals surface area contributed by atoms with E-state index in [1.54, 1.807) is 4.90 Å². The normalized spacial score (nSPS) is 24.0. The van der Waals surface area contributed by atoms with Gasteiger partial charge in [-0.05, 0) is 37.3 Å². The molecule has 0 unspecified atom stereocenters. The number of rotatable bonds is 5. The molecular formula is C19H26N2O3. The van der Waals surface area contributed by atoms with Gasteiger partial charge in [0.15, 0.2) is 6.61 Å². The molecule has 130 valence electrons. The Bertz CT molecular complexity index is 602. The molecule has 24 heavy (non-hydrogen) atoms. The summed E-state index contributed by atoms with van der Waals surface area (Å²) in [4.78, 5) is 25.7. The number of amides is 2. The molecule has 2 atom stereocenters. The Kier molecular flexibility index (Phi) is 5.38. The summed E-state index contributed by atoms with van der Waals surface area (Å²) in [6.45, 7) is 2.96. The first-order chi connectivity index (χ1) is 11.6. The number of anilines is 1. The molecule has 5 heteroatoms. The largest absolute Gasteiger partial charge is 0.484 e. The van der Waals surface area contributed by atoms with Crippen LogP contribution in [0.4, 0.5) is 5.69 Å². The van der Waals surface area contributed by atoms with E-state index < -0.39 is 0 Å². The second-order valence-corrected chi connectivity index (χ2v) is 6.87. The first kappa shape index (κ1) is 16.8. The van der Waals surface area contributed by atoms with E-state index in [1.807, 2.05) is 24.3 Å². The van der Waals surface area contributed by atoms with Gasteiger partial charge in [-0.25, -0.2) is 0 Å². The fourth-order valence-corrected chi connectivity index (χ4v) is 3.59. The Morgan fingerprint density at radius 2 is 2.12 bits per heavy atom. The molecule has 2 aliphatic rings. The number of ether oxygens (including phenoxy) is 1. The molecule has 3 rings (SSSR count). The Balaban J connectivity index is 1.52. The molecule has 1 heterocycles. The van der Waals surface area contributed by atoms with Crippen LogP contribution >= 0.6 is 0 Å². The van der Waals surface area contributed by atoms with Crippen LogP contribution in [0.3, 0.4) is 0 Å². The number of nitrogens with one attached hydrogen (secondary N) is 1. The van der Waals surface area contributed by atoms with Gasteiger partial charge in [0, 0.05) is 30.8 Å². The number of nitrogens with zero attached hydrogens (tertiary/aromatic N) is 1. The molecule has 1 aliphatic heterocycles. The minimum absolute atomic E-state index is 0.0145. The highest BCUT2D eigenvalue weighted by molar-refractivity contribution is 5.95. The molecule has 1 N–H and O–H groups in total. The molecule has 2 fully saturated rings. The van der Waals surface area contributed by atoms with Crippen LogP contribution in [0.1, 0.15) is 45.4 Å². The van der Waals surface area contributed by atoms with Crippen molar-refractivity contribution in [1.82, 2.24) is 5.32 Å². The third kappa shape index (κ3) is 4.08. The maximum absolute atomic E-state index is 12.1. The van der Waals surface area contributed by atoms with Crippen LogP contribution in [-0.2, 0) is 9.59 Å². The van der Waals surface area contributed by atoms with Crippen LogP contribution in [-0.4, -0.2) is 31.0 Å². The molecule has 1 aromatic rings. The Hall–Kier alpha value is -2.04. The lowest BCUT2D eigenvalue weighted by atomic mass is 9.86. The van der Waals surface area contributed by atoms with Gasteiger partial charge in [0.25, 0.3) is 5.91 Å². The van der Waals surface area contributed by atoms with Crippen molar-refractivity contribution >= 4 is 17.5 Å². The van der Waals surface area contributed by atoms with Crippen LogP contribution in [0.2, 0.25) is 0 Å². The summed E-state index contributed by atoms with van der Waals surface area (Å²) in [6.07, 6.45) is 6.17. The number of hydrogen-bond donors (Lipinski definition) is 1. The zero-order valence-electron chi connectivity index (χ0n) is 14.3. The van der Waals surface area contributed by atoms with E-state index in [9.17, 15) is 9.59 Å². The van der Waals surface area contributed by atoms with Gasteiger partial charge in [-0.1, -0.05) is 25.8 Å². The summed E-state index contributed by atoms with van der Waals surface area (Å²) < 4.78 is 5.63. The second kappa shape index (κ2) is 7.69. The average molecular weight is 330 g/mol. The van der Waals surface area contributed by atoms with Crippen molar-refractivity contribution in [2.24, 2.45) is 5.92 Å². The summed E-state index contributed by atoms with van der Waals surface area (Å²) in [5.74, 6) is 1.24. The molecular weight excluding hydrogens is 304 g/mol. The van der Waals surface area contributed by atoms with Gasteiger partial charge in [0.2, 0.25) is 5.91 Å². The highest BCUT2D eigenvalue weighted by atomic mass is 16.5. The maximum Gasteiger partial charge on any atom is 0.258 e. The number of benzene rings is 1. The Labute approximate surface area is 143 Å². The molecule has 1 aliphatic carbocycles. The Morgan fingerprint density at radius 3 is 2.88 bits per heavy atom. The van der Waals surface area contributed by atoms with Crippen molar-refractivity contribution in [3.05, 3.63) is 24.3 Å². The first-order valence-electron chi connectivity index (χ1n) is 8.96. The number of carbonyl (C=O) groups is 2. The van der Waals surface area contributed by atoms with Gasteiger partial charge in [0.1, 0.15) is 5.75 Å². The third-order valence-electron chi connectivity index (χ3n) is 5.03. The fraction of sp³-hybridized carbons (Fsp3) is 0.579. The molecule has 0 radical (unpaired) electrons. The smallest absolute Gasteiger partial charge is 0.258 e. The van der Waals surface area contributed by atoms with Gasteiger partial charge in [-0.3, -0.25) is 9.59 Å². The summed E-state index contributed by atoms with van der Waals surface area (Å²) in [5.41, 5.74) is 0.844. The van der Waals surface area contributed by atoms with Crippen LogP contribution in [0.15, 0.2) is 24.3 Å². The maximum atomic E-state index is 12.1. The number of carbonyl (C=O) groups excluding carboxylic acids is 2. The lowest BCUT2D eigenvalue weighted by Crippen LogP contribution is -2.43. The molecule has 1 aromatic carbocycles.